The molecule has 2 heterocycles. The number of ether oxygens (including phenoxy) is 9. The summed E-state index contributed by atoms with van der Waals surface area (Å²) in [5.74, 6) is -8.33. The number of hydrogen-bond donors (Lipinski definition) is 3. The summed E-state index contributed by atoms with van der Waals surface area (Å²) in [6.45, 7) is 15.6. The number of benzene rings is 3. The monoisotopic (exact) mass is 1270 g/mol. The molecule has 4 aliphatic rings. The van der Waals surface area contributed by atoms with Crippen molar-refractivity contribution in [2.75, 3.05) is 45.6 Å². The Hall–Kier alpha value is -6.48. The number of pyridine rings is 1. The van der Waals surface area contributed by atoms with E-state index in [1.807, 2.05) is 52.1 Å². The highest BCUT2D eigenvalue weighted by Crippen LogP contribution is 2.65. The number of aliphatic hydroxyl groups is 2. The molecule has 0 spiro atoms. The molecule has 11 atom stereocenters. The van der Waals surface area contributed by atoms with Gasteiger partial charge in [0.2, 0.25) is 12.6 Å². The van der Waals surface area contributed by atoms with Gasteiger partial charge in [-0.3, -0.25) is 14.4 Å². The summed E-state index contributed by atoms with van der Waals surface area (Å²) in [7, 11) is 0.0571. The Bertz CT molecular complexity index is 3170. The van der Waals surface area contributed by atoms with Crippen molar-refractivity contribution in [2.24, 2.45) is 22.7 Å². The highest BCUT2D eigenvalue weighted by Gasteiger charge is 2.78. The highest BCUT2D eigenvalue weighted by atomic mass is 33.1. The molecule has 21 nitrogen and oxygen atoms in total. The number of carbonyl (C=O) groups excluding carboxylic acids is 7. The first-order chi connectivity index (χ1) is 41.7. The first kappa shape index (κ1) is 67.4. The molecule has 474 valence electrons. The number of nitrogens with zero attached hydrogens (tertiary/aromatic N) is 1. The lowest BCUT2D eigenvalue weighted by atomic mass is 9.45. The van der Waals surface area contributed by atoms with Crippen molar-refractivity contribution in [1.82, 2.24) is 10.3 Å². The molecular formula is C64H78N2O19S2Si. The Morgan fingerprint density at radius 1 is 0.841 bits per heavy atom. The van der Waals surface area contributed by atoms with E-state index in [1.165, 1.54) is 43.7 Å². The average molecular weight is 1270 g/mol. The number of aliphatic hydroxyl groups excluding tert-OH is 1. The number of ketones is 1. The Balaban J connectivity index is 1.16. The van der Waals surface area contributed by atoms with Gasteiger partial charge in [0.05, 0.1) is 55.5 Å². The van der Waals surface area contributed by atoms with Crippen LogP contribution in [0.3, 0.4) is 0 Å². The van der Waals surface area contributed by atoms with E-state index >= 15 is 9.59 Å². The Labute approximate surface area is 521 Å². The number of aromatic nitrogens is 1. The number of carbonyl (C=O) groups is 7. The SMILES string of the molecule is CC(=O)O[C@@]12COC1C[C@H](O)[C@@]1(C)C(=O)C(OC(=O)OCOC(=O)COCCOCCSSc3ccccn3)=C3C(C)C(OC(=O)[C@H](O[Si](C)(C)C(C)(C)C)C(NC(=O)c4ccccc4)c4ccccc4)C[C@@](O)([C@@H](OC(=O)c4ccccc4)[C@@H]12)C3(C)C. The molecule has 1 aliphatic heterocycles. The number of nitrogens with one attached hydrogen (secondary N) is 1. The Morgan fingerprint density at radius 3 is 2.09 bits per heavy atom. The summed E-state index contributed by atoms with van der Waals surface area (Å²) in [6, 6.07) is 29.4. The standard InChI is InChI=1S/C64H78N2O19S2Si/c1-39-44(81-58(73)52(85-88(9,10)60(3,4)5)50(41-22-14-11-15-23-41)66-56(71)42-24-16-12-17-25-42)35-64(75)55(83-57(72)43-26-18-13-19-27-43)53-62(8,45(68)34-46-63(53,37-78-46)84-40(2)67)54(70)51(49(39)61(64,6)7)82-59(74)80-38-79-48(69)36-77-31-30-76-32-33-86-87-47-28-20-21-29-65-47/h11-29,39,44-46,50,52-53,55,68,75H,30-38H2,1-10H3,(H,66,71)/t39?,44?,45-,46?,50?,52+,53-,55-,62+,63-,64+/m0/s1. The van der Waals surface area contributed by atoms with Gasteiger partial charge in [-0.25, -0.2) is 24.2 Å². The number of allylic oxidation sites excluding steroid dienone is 1. The van der Waals surface area contributed by atoms with Crippen molar-refractivity contribution in [3.05, 3.63) is 143 Å². The molecule has 1 saturated heterocycles. The lowest BCUT2D eigenvalue weighted by Crippen LogP contribution is -2.81. The van der Waals surface area contributed by atoms with Gasteiger partial charge in [0.1, 0.15) is 35.5 Å². The molecule has 3 fully saturated rings. The molecule has 1 amide bonds. The number of Topliss-reactive ketones (excluding diaryl/α,β-unsaturated/α-hetero) is 1. The summed E-state index contributed by atoms with van der Waals surface area (Å²) in [5, 5.41) is 30.2. The van der Waals surface area contributed by atoms with Gasteiger partial charge in [-0.2, -0.15) is 0 Å². The minimum atomic E-state index is -3.03. The van der Waals surface area contributed by atoms with Crippen LogP contribution in [0.5, 0.6) is 0 Å². The van der Waals surface area contributed by atoms with Gasteiger partial charge in [-0.05, 0) is 83.4 Å². The van der Waals surface area contributed by atoms with Crippen molar-refractivity contribution >= 4 is 71.6 Å². The van der Waals surface area contributed by atoms with Gasteiger partial charge in [-0.1, -0.05) is 125 Å². The molecule has 4 aromatic rings. The molecule has 0 radical (unpaired) electrons. The van der Waals surface area contributed by atoms with E-state index in [-0.39, 0.29) is 30.8 Å². The van der Waals surface area contributed by atoms with Crippen molar-refractivity contribution in [3.63, 3.8) is 0 Å². The Kier molecular flexibility index (Phi) is 21.6. The van der Waals surface area contributed by atoms with Gasteiger partial charge >= 0.3 is 30.0 Å². The molecule has 3 aromatic carbocycles. The van der Waals surface area contributed by atoms with Crippen LogP contribution < -0.4 is 5.32 Å². The molecule has 24 heteroatoms. The second-order valence-corrected chi connectivity index (χ2v) is 31.7. The van der Waals surface area contributed by atoms with Gasteiger partial charge in [0, 0.05) is 48.6 Å². The summed E-state index contributed by atoms with van der Waals surface area (Å²) < 4.78 is 59.9. The molecule has 2 saturated carbocycles. The maximum atomic E-state index is 16.2. The smallest absolute Gasteiger partial charge is 0.460 e. The van der Waals surface area contributed by atoms with Gasteiger partial charge in [-0.15, -0.1) is 0 Å². The zero-order chi connectivity index (χ0) is 63.8. The number of hydrogen-bond acceptors (Lipinski definition) is 22. The van der Waals surface area contributed by atoms with Crippen molar-refractivity contribution in [1.29, 1.82) is 0 Å². The quantitative estimate of drug-likeness (QED) is 0.0147. The number of fused-ring (bicyclic) bond motifs is 5. The lowest BCUT2D eigenvalue weighted by molar-refractivity contribution is -0.345. The van der Waals surface area contributed by atoms with Crippen molar-refractivity contribution in [2.45, 2.75) is 139 Å². The van der Waals surface area contributed by atoms with E-state index < -0.39 is 158 Å². The zero-order valence-electron chi connectivity index (χ0n) is 51.1. The van der Waals surface area contributed by atoms with Crippen LogP contribution in [0.1, 0.15) is 101 Å². The molecule has 3 N–H and O–H groups in total. The van der Waals surface area contributed by atoms with Crippen LogP contribution in [0.2, 0.25) is 18.1 Å². The number of esters is 4. The molecule has 2 bridgehead atoms. The van der Waals surface area contributed by atoms with E-state index in [1.54, 1.807) is 103 Å². The fourth-order valence-electron chi connectivity index (χ4n) is 11.9. The third kappa shape index (κ3) is 14.4. The predicted octanol–water partition coefficient (Wildman–Crippen LogP) is 8.93. The maximum Gasteiger partial charge on any atom is 0.516 e. The summed E-state index contributed by atoms with van der Waals surface area (Å²) in [6.07, 6.45) is -8.63. The first-order valence-corrected chi connectivity index (χ1v) is 34.3. The van der Waals surface area contributed by atoms with Crippen LogP contribution in [0.15, 0.2) is 132 Å². The summed E-state index contributed by atoms with van der Waals surface area (Å²) in [5.41, 5.74) is -7.89. The Morgan fingerprint density at radius 2 is 1.48 bits per heavy atom. The topological polar surface area (TPSA) is 277 Å². The molecule has 88 heavy (non-hydrogen) atoms. The summed E-state index contributed by atoms with van der Waals surface area (Å²) in [4.78, 5) is 106. The van der Waals surface area contributed by atoms with Gasteiger partial charge in [0.25, 0.3) is 5.91 Å². The van der Waals surface area contributed by atoms with Gasteiger partial charge < -0.3 is 62.6 Å². The largest absolute Gasteiger partial charge is 0.516 e. The molecule has 4 unspecified atom stereocenters. The van der Waals surface area contributed by atoms with E-state index in [9.17, 15) is 34.2 Å². The minimum absolute atomic E-state index is 0.0296. The van der Waals surface area contributed by atoms with Crippen LogP contribution in [-0.2, 0) is 66.2 Å². The summed E-state index contributed by atoms with van der Waals surface area (Å²) >= 11 is 0. The van der Waals surface area contributed by atoms with Crippen LogP contribution in [-0.4, -0.2) is 153 Å². The van der Waals surface area contributed by atoms with Crippen LogP contribution in [0.4, 0.5) is 4.79 Å². The minimum Gasteiger partial charge on any atom is -0.460 e. The normalized spacial score (nSPS) is 26.2. The van der Waals surface area contributed by atoms with E-state index in [0.29, 0.717) is 23.5 Å². The second kappa shape index (κ2) is 28.1. The van der Waals surface area contributed by atoms with Crippen LogP contribution >= 0.6 is 21.6 Å². The first-order valence-electron chi connectivity index (χ1n) is 29.1. The maximum absolute atomic E-state index is 16.2. The number of rotatable bonds is 24. The molecule has 8 rings (SSSR count). The van der Waals surface area contributed by atoms with E-state index in [2.05, 4.69) is 10.3 Å². The third-order valence-corrected chi connectivity index (χ3v) is 24.4. The van der Waals surface area contributed by atoms with Crippen LogP contribution in [0, 0.1) is 22.7 Å². The molecular weight excluding hydrogens is 1190 g/mol. The highest BCUT2D eigenvalue weighted by molar-refractivity contribution is 8.76. The van der Waals surface area contributed by atoms with Crippen molar-refractivity contribution < 1.29 is 90.8 Å². The molecule has 3 aliphatic carbocycles. The van der Waals surface area contributed by atoms with Crippen LogP contribution in [0.25, 0.3) is 0 Å². The van der Waals surface area contributed by atoms with Crippen molar-refractivity contribution in [3.8, 4) is 0 Å². The third-order valence-electron chi connectivity index (χ3n) is 17.7. The molecule has 1 aromatic heterocycles. The van der Waals surface area contributed by atoms with E-state index in [4.69, 9.17) is 47.1 Å². The second-order valence-electron chi connectivity index (χ2n) is 24.5. The fourth-order valence-corrected chi connectivity index (χ4v) is 14.9. The lowest BCUT2D eigenvalue weighted by Gasteiger charge is -2.67. The van der Waals surface area contributed by atoms with E-state index in [0.717, 1.165) is 11.9 Å². The average Bonchev–Trinajstić information content (AvgIpc) is 0.673. The zero-order valence-corrected chi connectivity index (χ0v) is 53.7. The number of amides is 1. The predicted molar refractivity (Wildman–Crippen MR) is 324 cm³/mol. The fraction of sp³-hybridized carbons (Fsp3) is 0.500. The van der Waals surface area contributed by atoms with Gasteiger partial charge in [0.15, 0.2) is 25.8 Å².